The van der Waals surface area contributed by atoms with Crippen molar-refractivity contribution < 1.29 is 14.6 Å². The van der Waals surface area contributed by atoms with Gasteiger partial charge in [0.2, 0.25) is 0 Å². The minimum absolute atomic E-state index is 0. The number of phenols is 1. The molecule has 1 unspecified atom stereocenters. The van der Waals surface area contributed by atoms with Gasteiger partial charge in [-0.15, -0.1) is 12.4 Å². The number of halogens is 1. The quantitative estimate of drug-likeness (QED) is 0.510. The molecule has 0 spiro atoms. The predicted molar refractivity (Wildman–Crippen MR) is 123 cm³/mol. The third-order valence-corrected chi connectivity index (χ3v) is 5.69. The Morgan fingerprint density at radius 2 is 1.87 bits per heavy atom. The van der Waals surface area contributed by atoms with Gasteiger partial charge >= 0.3 is 0 Å². The summed E-state index contributed by atoms with van der Waals surface area (Å²) < 4.78 is 5.20. The fraction of sp³-hybridized carbons (Fsp3) is 0.333. The molecular weight excluding hydrogens is 414 g/mol. The second kappa shape index (κ2) is 9.54. The molecule has 1 aliphatic heterocycles. The Kier molecular flexibility index (Phi) is 7.03. The van der Waals surface area contributed by atoms with E-state index in [1.807, 2.05) is 17.0 Å². The highest BCUT2D eigenvalue weighted by atomic mass is 35.5. The fourth-order valence-corrected chi connectivity index (χ4v) is 4.10. The molecule has 6 nitrogen and oxygen atoms in total. The van der Waals surface area contributed by atoms with E-state index >= 15 is 0 Å². The number of nitrogens with one attached hydrogen (secondary N) is 1. The number of carbonyl (C=O) groups is 1. The number of nitrogens with zero attached hydrogens (tertiary/aromatic N) is 2. The van der Waals surface area contributed by atoms with Crippen LogP contribution < -0.4 is 0 Å². The Morgan fingerprint density at radius 1 is 1.16 bits per heavy atom. The summed E-state index contributed by atoms with van der Waals surface area (Å²) in [6.07, 6.45) is 0.743. The number of amides is 1. The summed E-state index contributed by atoms with van der Waals surface area (Å²) in [5.41, 5.74) is 4.82. The highest BCUT2D eigenvalue weighted by Gasteiger charge is 2.42. The van der Waals surface area contributed by atoms with Gasteiger partial charge in [0.1, 0.15) is 17.1 Å². The molecule has 1 aromatic heterocycles. The number of aromatic hydroxyl groups is 1. The van der Waals surface area contributed by atoms with Crippen molar-refractivity contribution in [1.29, 1.82) is 0 Å². The molecule has 0 saturated heterocycles. The van der Waals surface area contributed by atoms with E-state index in [0.29, 0.717) is 36.0 Å². The molecule has 0 fully saturated rings. The maximum Gasteiger partial charge on any atom is 0.273 e. The van der Waals surface area contributed by atoms with Gasteiger partial charge in [-0.25, -0.2) is 0 Å². The number of ether oxygens (including phenoxy) is 1. The Morgan fingerprint density at radius 3 is 2.52 bits per heavy atom. The number of hydrogen-bond acceptors (Lipinski definition) is 4. The summed E-state index contributed by atoms with van der Waals surface area (Å²) in [5.74, 6) is 0.502. The van der Waals surface area contributed by atoms with Gasteiger partial charge in [0.15, 0.2) is 0 Å². The SMILES string of the molecule is COCCCN1C(=O)c2[nH]nc(-c3ccccc3O)c2C1c1ccc(C(C)C)cc1.Cl. The van der Waals surface area contributed by atoms with Crippen LogP contribution in [0.2, 0.25) is 0 Å². The number of para-hydroxylation sites is 1. The summed E-state index contributed by atoms with van der Waals surface area (Å²) in [7, 11) is 1.66. The number of rotatable bonds is 7. The van der Waals surface area contributed by atoms with Crippen LogP contribution in [0.25, 0.3) is 11.3 Å². The highest BCUT2D eigenvalue weighted by Crippen LogP contribution is 2.44. The van der Waals surface area contributed by atoms with Crippen molar-refractivity contribution in [2.45, 2.75) is 32.2 Å². The van der Waals surface area contributed by atoms with Gasteiger partial charge in [0, 0.05) is 31.4 Å². The summed E-state index contributed by atoms with van der Waals surface area (Å²) in [4.78, 5) is 15.1. The first-order valence-corrected chi connectivity index (χ1v) is 10.3. The first kappa shape index (κ1) is 22.8. The van der Waals surface area contributed by atoms with E-state index in [1.165, 1.54) is 5.56 Å². The lowest BCUT2D eigenvalue weighted by Crippen LogP contribution is -2.31. The molecule has 3 aromatic rings. The summed E-state index contributed by atoms with van der Waals surface area (Å²) in [6, 6.07) is 15.2. The average Bonchev–Trinajstić information content (AvgIpc) is 3.28. The molecule has 31 heavy (non-hydrogen) atoms. The number of aromatic nitrogens is 2. The van der Waals surface area contributed by atoms with E-state index in [0.717, 1.165) is 17.5 Å². The van der Waals surface area contributed by atoms with Crippen molar-refractivity contribution in [2.24, 2.45) is 0 Å². The van der Waals surface area contributed by atoms with Crippen LogP contribution in [0.15, 0.2) is 48.5 Å². The number of aromatic amines is 1. The number of benzene rings is 2. The number of hydrogen-bond donors (Lipinski definition) is 2. The topological polar surface area (TPSA) is 78.5 Å². The lowest BCUT2D eigenvalue weighted by Gasteiger charge is -2.26. The lowest BCUT2D eigenvalue weighted by atomic mass is 9.93. The molecule has 0 bridgehead atoms. The molecule has 0 saturated carbocycles. The summed E-state index contributed by atoms with van der Waals surface area (Å²) in [5, 5.41) is 17.7. The fourth-order valence-electron chi connectivity index (χ4n) is 4.10. The zero-order chi connectivity index (χ0) is 21.3. The molecule has 1 atom stereocenters. The summed E-state index contributed by atoms with van der Waals surface area (Å²) in [6.45, 7) is 5.48. The van der Waals surface area contributed by atoms with Crippen LogP contribution in [0.5, 0.6) is 5.75 Å². The van der Waals surface area contributed by atoms with Crippen molar-refractivity contribution in [1.82, 2.24) is 15.1 Å². The van der Waals surface area contributed by atoms with Gasteiger partial charge in [-0.2, -0.15) is 5.10 Å². The molecule has 0 radical (unpaired) electrons. The van der Waals surface area contributed by atoms with Crippen molar-refractivity contribution in [3.63, 3.8) is 0 Å². The second-order valence-electron chi connectivity index (χ2n) is 7.95. The van der Waals surface area contributed by atoms with E-state index in [-0.39, 0.29) is 30.1 Å². The van der Waals surface area contributed by atoms with Crippen LogP contribution in [0, 0.1) is 0 Å². The Bertz CT molecular complexity index is 1050. The molecule has 0 aliphatic carbocycles. The highest BCUT2D eigenvalue weighted by molar-refractivity contribution is 6.00. The zero-order valence-electron chi connectivity index (χ0n) is 18.0. The third-order valence-electron chi connectivity index (χ3n) is 5.69. The van der Waals surface area contributed by atoms with E-state index in [2.05, 4.69) is 48.3 Å². The number of H-pyrrole nitrogens is 1. The van der Waals surface area contributed by atoms with E-state index in [9.17, 15) is 9.90 Å². The third kappa shape index (κ3) is 4.18. The summed E-state index contributed by atoms with van der Waals surface area (Å²) >= 11 is 0. The predicted octanol–water partition coefficient (Wildman–Crippen LogP) is 4.91. The monoisotopic (exact) mass is 441 g/mol. The lowest BCUT2D eigenvalue weighted by molar-refractivity contribution is 0.0723. The smallest absolute Gasteiger partial charge is 0.273 e. The van der Waals surface area contributed by atoms with Gasteiger partial charge in [0.05, 0.1) is 6.04 Å². The minimum atomic E-state index is -0.265. The Hall–Kier alpha value is -2.83. The molecular formula is C24H28ClN3O3. The van der Waals surface area contributed by atoms with Crippen LogP contribution in [0.4, 0.5) is 0 Å². The normalized spacial score (nSPS) is 15.3. The van der Waals surface area contributed by atoms with Crippen LogP contribution in [0.3, 0.4) is 0 Å². The molecule has 4 rings (SSSR count). The maximum absolute atomic E-state index is 13.2. The average molecular weight is 442 g/mol. The van der Waals surface area contributed by atoms with Crippen LogP contribution in [-0.4, -0.2) is 46.4 Å². The first-order chi connectivity index (χ1) is 14.5. The van der Waals surface area contributed by atoms with E-state index < -0.39 is 0 Å². The molecule has 7 heteroatoms. The van der Waals surface area contributed by atoms with E-state index in [1.54, 1.807) is 19.2 Å². The molecule has 2 aromatic carbocycles. The standard InChI is InChI=1S/C24H27N3O3.ClH/c1-15(2)16-9-11-17(12-10-16)23-20-21(18-7-4-5-8-19(18)28)25-26-22(20)24(29)27(23)13-6-14-30-3;/h4-5,7-12,15,23,28H,6,13-14H2,1-3H3,(H,25,26);1H. The van der Waals surface area contributed by atoms with Crippen LogP contribution >= 0.6 is 12.4 Å². The molecule has 2 N–H and O–H groups in total. The Balaban J connectivity index is 0.00000272. The minimum Gasteiger partial charge on any atom is -0.507 e. The van der Waals surface area contributed by atoms with Gasteiger partial charge < -0.3 is 14.7 Å². The molecule has 1 aliphatic rings. The first-order valence-electron chi connectivity index (χ1n) is 10.3. The van der Waals surface area contributed by atoms with Gasteiger partial charge in [0.25, 0.3) is 5.91 Å². The van der Waals surface area contributed by atoms with Crippen LogP contribution in [-0.2, 0) is 4.74 Å². The Labute approximate surface area is 188 Å². The second-order valence-corrected chi connectivity index (χ2v) is 7.95. The molecule has 1 amide bonds. The van der Waals surface area contributed by atoms with Crippen molar-refractivity contribution in [3.05, 3.63) is 70.9 Å². The van der Waals surface area contributed by atoms with E-state index in [4.69, 9.17) is 4.74 Å². The number of carbonyl (C=O) groups excluding carboxylic acids is 1. The van der Waals surface area contributed by atoms with Crippen molar-refractivity contribution in [2.75, 3.05) is 20.3 Å². The van der Waals surface area contributed by atoms with Crippen molar-refractivity contribution >= 4 is 18.3 Å². The number of methoxy groups -OCH3 is 1. The van der Waals surface area contributed by atoms with Gasteiger partial charge in [-0.1, -0.05) is 50.2 Å². The maximum atomic E-state index is 13.2. The number of phenolic OH excluding ortho intramolecular Hbond substituents is 1. The molecule has 2 heterocycles. The van der Waals surface area contributed by atoms with Gasteiger partial charge in [-0.3, -0.25) is 9.89 Å². The zero-order valence-corrected chi connectivity index (χ0v) is 18.8. The number of fused-ring (bicyclic) bond motifs is 1. The van der Waals surface area contributed by atoms with Crippen molar-refractivity contribution in [3.8, 4) is 17.0 Å². The van der Waals surface area contributed by atoms with Crippen LogP contribution in [0.1, 0.15) is 59.4 Å². The largest absolute Gasteiger partial charge is 0.507 e. The molecule has 164 valence electrons. The van der Waals surface area contributed by atoms with Gasteiger partial charge in [-0.05, 0) is 35.6 Å².